The van der Waals surface area contributed by atoms with Gasteiger partial charge < -0.3 is 37.9 Å². The normalized spacial score (nSPS) is 14.9. The fourth-order valence-electron chi connectivity index (χ4n) is 13.0. The minimum Gasteiger partial charge on any atom is -0.444 e. The Morgan fingerprint density at radius 2 is 0.877 bits per heavy atom. The second kappa shape index (κ2) is 40.7. The number of benzene rings is 3. The van der Waals surface area contributed by atoms with Gasteiger partial charge in [0.25, 0.3) is 0 Å². The first-order valence-corrected chi connectivity index (χ1v) is 37.2. The van der Waals surface area contributed by atoms with Crippen molar-refractivity contribution in [2.24, 2.45) is 17.2 Å². The number of rotatable bonds is 22. The zero-order chi connectivity index (χ0) is 74.5. The lowest BCUT2D eigenvalue weighted by Gasteiger charge is -2.33. The maximum Gasteiger partial charge on any atom is 0.410 e. The second-order valence-corrected chi connectivity index (χ2v) is 29.4. The molecule has 0 spiro atoms. The van der Waals surface area contributed by atoms with Crippen molar-refractivity contribution in [2.75, 3.05) is 31.9 Å². The summed E-state index contributed by atoms with van der Waals surface area (Å²) < 4.78 is 11.4. The summed E-state index contributed by atoms with van der Waals surface area (Å²) in [5.74, 6) is -0.517. The predicted octanol–water partition coefficient (Wildman–Crippen LogP) is 14.5. The summed E-state index contributed by atoms with van der Waals surface area (Å²) in [4.78, 5) is 74.7. The number of nitrogens with zero attached hydrogens (tertiary/aromatic N) is 13. The Morgan fingerprint density at radius 3 is 1.28 bits per heavy atom. The van der Waals surface area contributed by atoms with E-state index >= 15 is 0 Å². The third-order valence-corrected chi connectivity index (χ3v) is 20.2. The topological polar surface area (TPSA) is 328 Å². The van der Waals surface area contributed by atoms with Crippen LogP contribution in [-0.2, 0) is 70.5 Å². The van der Waals surface area contributed by atoms with Gasteiger partial charge in [-0.05, 0) is 188 Å². The van der Waals surface area contributed by atoms with E-state index in [2.05, 4.69) is 62.3 Å². The Hall–Kier alpha value is -8.87. The largest absolute Gasteiger partial charge is 0.444 e. The number of aromatic nitrogens is 12. The van der Waals surface area contributed by atoms with E-state index < -0.39 is 5.60 Å². The van der Waals surface area contributed by atoms with Gasteiger partial charge in [-0.3, -0.25) is 28.4 Å². The molecule has 12 rings (SSSR count). The number of anilines is 1. The number of carbonyl (C=O) groups is 4. The van der Waals surface area contributed by atoms with Gasteiger partial charge in [-0.15, -0.1) is 0 Å². The van der Waals surface area contributed by atoms with E-state index in [1.165, 1.54) is 38.3 Å². The number of amides is 4. The maximum atomic E-state index is 11.9. The number of nitrogen functional groups attached to an aromatic ring is 1. The van der Waals surface area contributed by atoms with Crippen molar-refractivity contribution in [2.45, 2.75) is 207 Å². The van der Waals surface area contributed by atoms with Gasteiger partial charge in [-0.1, -0.05) is 142 Å². The van der Waals surface area contributed by atoms with Crippen molar-refractivity contribution >= 4 is 75.9 Å². The molecule has 3 atom stereocenters. The zero-order valence-corrected chi connectivity index (χ0v) is 63.1. The van der Waals surface area contributed by atoms with Gasteiger partial charge in [0.2, 0.25) is 23.0 Å². The number of halogens is 4. The van der Waals surface area contributed by atoms with E-state index in [1.807, 2.05) is 131 Å². The SMILES string of the molecule is C.C.CC(C(N)=O)c1ccccc1CCc1nc(Cc2cnn(C3CCCCC3)c2)ncc1Cl.CC(C(N)=O)c1ccccc1CCc1nc(Cc2cnn(C3CCNCC3)c2)ncc1Cl.CC(C(N)=O)c1ccccc1CCc1nc(Cl)ncc1Cl.CC(C)(C)OC(=O)N1CCC(n2cc(N)cn2)CC1. The molecule has 0 bridgehead atoms. The average molecular weight is 1530 g/mol. The minimum atomic E-state index is -0.440. The number of nitrogens with two attached hydrogens (primary N) is 4. The number of hydrogen-bond acceptors (Lipinski definition) is 16. The van der Waals surface area contributed by atoms with Gasteiger partial charge in [-0.25, -0.2) is 34.7 Å². The summed E-state index contributed by atoms with van der Waals surface area (Å²) in [6.07, 6.45) is 31.8. The molecule has 6 aromatic heterocycles. The van der Waals surface area contributed by atoms with Gasteiger partial charge in [0, 0.05) is 56.9 Å². The monoisotopic (exact) mass is 1520 g/mol. The minimum absolute atomic E-state index is 0. The van der Waals surface area contributed by atoms with Gasteiger partial charge >= 0.3 is 6.09 Å². The number of ether oxygens (including phenoxy) is 1. The molecule has 3 aliphatic rings. The van der Waals surface area contributed by atoms with Crippen molar-refractivity contribution < 1.29 is 23.9 Å². The average Bonchev–Trinajstić information content (AvgIpc) is 1.13. The number of aryl methyl sites for hydroxylation is 6. The fourth-order valence-corrected chi connectivity index (χ4v) is 13.8. The summed E-state index contributed by atoms with van der Waals surface area (Å²) in [6.45, 7) is 14.6. The van der Waals surface area contributed by atoms with E-state index in [0.717, 1.165) is 119 Å². The van der Waals surface area contributed by atoms with E-state index in [0.29, 0.717) is 96.2 Å². The van der Waals surface area contributed by atoms with E-state index in [9.17, 15) is 19.2 Å². The van der Waals surface area contributed by atoms with Crippen LogP contribution in [0.4, 0.5) is 10.5 Å². The van der Waals surface area contributed by atoms with Crippen molar-refractivity contribution in [3.05, 3.63) is 222 Å². The molecular weight excluding hydrogens is 1420 g/mol. The molecule has 4 amide bonds. The molecule has 9 aromatic rings. The third kappa shape index (κ3) is 24.9. The van der Waals surface area contributed by atoms with E-state index in [4.69, 9.17) is 84.0 Å². The number of hydrogen-bond donors (Lipinski definition) is 5. The van der Waals surface area contributed by atoms with Crippen LogP contribution in [0.1, 0.15) is 223 Å². The molecule has 3 unspecified atom stereocenters. The molecule has 106 heavy (non-hydrogen) atoms. The summed E-state index contributed by atoms with van der Waals surface area (Å²) in [7, 11) is 0. The first-order valence-electron chi connectivity index (χ1n) is 35.7. The number of piperidine rings is 2. The highest BCUT2D eigenvalue weighted by Gasteiger charge is 2.29. The lowest BCUT2D eigenvalue weighted by atomic mass is 9.92. The first-order chi connectivity index (χ1) is 49.9. The van der Waals surface area contributed by atoms with Crippen LogP contribution >= 0.6 is 46.4 Å². The third-order valence-electron chi connectivity index (χ3n) is 19.0. The van der Waals surface area contributed by atoms with Crippen LogP contribution < -0.4 is 28.3 Å². The molecule has 3 aromatic carbocycles. The van der Waals surface area contributed by atoms with Crippen LogP contribution in [-0.4, -0.2) is 120 Å². The van der Waals surface area contributed by atoms with Gasteiger partial charge in [0.1, 0.15) is 17.2 Å². The highest BCUT2D eigenvalue weighted by atomic mass is 35.5. The van der Waals surface area contributed by atoms with Crippen LogP contribution in [0, 0.1) is 0 Å². The van der Waals surface area contributed by atoms with E-state index in [1.54, 1.807) is 30.4 Å². The molecule has 2 saturated heterocycles. The van der Waals surface area contributed by atoms with Gasteiger partial charge in [0.15, 0.2) is 0 Å². The van der Waals surface area contributed by atoms with Crippen LogP contribution in [0.3, 0.4) is 0 Å². The molecule has 27 heteroatoms. The summed E-state index contributed by atoms with van der Waals surface area (Å²) in [5.41, 5.74) is 32.9. The molecule has 8 heterocycles. The standard InChI is InChI=1S/C25H30ClN5O.C24H29ClN6O.C15H15Cl2N3O.C13H22N4O2.2CH4/c1-17(25(27)32)21-10-6-5-7-19(21)11-12-23-22(26)15-28-24(30-23)13-18-14-29-31(16-18)20-8-3-2-4-9-20;1-16(24(26)32)20-5-3-2-4-18(20)6-7-22-21(25)14-28-23(30-22)12-17-13-29-31(15-17)19-8-10-27-11-9-19;1-9(14(18)21)11-5-3-2-4-10(11)6-7-13-12(16)8-19-15(17)20-13;1-13(2,3)19-12(18)16-6-4-11(5-7-16)17-9-10(14)8-15-17;;/h5-7,10,14-17,20H,2-4,8-9,11-13H2,1H3,(H2,27,32);2-5,13-16,19,27H,6-12H2,1H3,(H2,26,32);2-5,8-9H,6-7H2,1H3,(H2,18,21);8-9,11H,4-7,14H2,1-3H3;2*1H4. The molecular formula is C79H104Cl4N18O5. The molecule has 0 radical (unpaired) electrons. The Bertz CT molecular complexity index is 4140. The molecule has 1 aliphatic carbocycles. The lowest BCUT2D eigenvalue weighted by molar-refractivity contribution is -0.119. The Kier molecular flexibility index (Phi) is 32.4. The molecule has 9 N–H and O–H groups in total. The summed E-state index contributed by atoms with van der Waals surface area (Å²) >= 11 is 24.6. The Morgan fingerprint density at radius 1 is 0.500 bits per heavy atom. The van der Waals surface area contributed by atoms with Crippen LogP contribution in [0.25, 0.3) is 0 Å². The van der Waals surface area contributed by atoms with E-state index in [-0.39, 0.29) is 61.7 Å². The van der Waals surface area contributed by atoms with Crippen molar-refractivity contribution in [1.82, 2.24) is 69.5 Å². The highest BCUT2D eigenvalue weighted by molar-refractivity contribution is 6.32. The quantitative estimate of drug-likeness (QED) is 0.0394. The zero-order valence-electron chi connectivity index (χ0n) is 60.1. The Labute approximate surface area is 643 Å². The molecule has 3 fully saturated rings. The molecule has 1 saturated carbocycles. The molecule has 2 aliphatic heterocycles. The van der Waals surface area contributed by atoms with Crippen LogP contribution in [0.5, 0.6) is 0 Å². The first kappa shape index (κ1) is 84.4. The second-order valence-electron chi connectivity index (χ2n) is 27.8. The van der Waals surface area contributed by atoms with Crippen molar-refractivity contribution in [3.63, 3.8) is 0 Å². The Balaban J connectivity index is 0.000000201. The predicted molar refractivity (Wildman–Crippen MR) is 420 cm³/mol. The fraction of sp³-hybridized carbons (Fsp3) is 0.456. The van der Waals surface area contributed by atoms with Gasteiger partial charge in [0.05, 0.1) is 98.5 Å². The number of likely N-dealkylation sites (tertiary alicyclic amines) is 1. The van der Waals surface area contributed by atoms with Crippen LogP contribution in [0.15, 0.2) is 129 Å². The number of carbonyl (C=O) groups excluding carboxylic acids is 4. The number of primary amides is 3. The molecule has 568 valence electrons. The summed E-state index contributed by atoms with van der Waals surface area (Å²) in [5, 5.41) is 18.5. The summed E-state index contributed by atoms with van der Waals surface area (Å²) in [6, 6.07) is 24.8. The lowest BCUT2D eigenvalue weighted by Crippen LogP contribution is -2.42. The molecule has 23 nitrogen and oxygen atoms in total. The number of nitrogens with one attached hydrogen (secondary N) is 1. The highest BCUT2D eigenvalue weighted by Crippen LogP contribution is 2.31. The maximum absolute atomic E-state index is 11.9. The van der Waals surface area contributed by atoms with Crippen molar-refractivity contribution in [3.8, 4) is 0 Å². The van der Waals surface area contributed by atoms with Gasteiger partial charge in [-0.2, -0.15) is 15.3 Å². The van der Waals surface area contributed by atoms with Crippen LogP contribution in [0.2, 0.25) is 20.4 Å². The smallest absolute Gasteiger partial charge is 0.410 e. The van der Waals surface area contributed by atoms with Crippen molar-refractivity contribution in [1.29, 1.82) is 0 Å².